The first kappa shape index (κ1) is 14.5. The Balaban J connectivity index is 3.16. The van der Waals surface area contributed by atoms with Gasteiger partial charge in [0.2, 0.25) is 5.91 Å². The van der Waals surface area contributed by atoms with Crippen molar-refractivity contribution in [2.24, 2.45) is 11.1 Å². The molecule has 0 aliphatic heterocycles. The smallest absolute Gasteiger partial charge is 0.319 e. The second kappa shape index (κ2) is 5.39. The number of hydrogen-bond donors (Lipinski definition) is 2. The fraction of sp³-hybridized carbons (Fsp3) is 0.333. The van der Waals surface area contributed by atoms with Gasteiger partial charge in [0, 0.05) is 4.47 Å². The molecule has 0 heterocycles. The molecular formula is C12H14BrNO4. The number of nitrogens with two attached hydrogens (primary N) is 1. The molecule has 1 aromatic carbocycles. The van der Waals surface area contributed by atoms with E-state index in [1.165, 1.54) is 14.0 Å². The van der Waals surface area contributed by atoms with Crippen LogP contribution < -0.4 is 10.5 Å². The molecule has 6 heteroatoms. The highest BCUT2D eigenvalue weighted by atomic mass is 79.9. The minimum absolute atomic E-state index is 0.00451. The number of carbonyl (C=O) groups is 2. The minimum atomic E-state index is -1.64. The first-order valence-electron chi connectivity index (χ1n) is 5.17. The SMILES string of the molecule is COc1ccc(Br)c(CC(C)(C(N)=O)C(=O)O)c1. The summed E-state index contributed by atoms with van der Waals surface area (Å²) >= 11 is 3.31. The van der Waals surface area contributed by atoms with Crippen LogP contribution in [0.1, 0.15) is 12.5 Å². The summed E-state index contributed by atoms with van der Waals surface area (Å²) in [6.07, 6.45) is -0.00451. The van der Waals surface area contributed by atoms with Crippen LogP contribution >= 0.6 is 15.9 Å². The molecule has 0 aliphatic carbocycles. The summed E-state index contributed by atoms with van der Waals surface area (Å²) in [5.74, 6) is -1.53. The number of primary amides is 1. The van der Waals surface area contributed by atoms with E-state index >= 15 is 0 Å². The maximum absolute atomic E-state index is 11.3. The molecule has 0 fully saturated rings. The van der Waals surface area contributed by atoms with Gasteiger partial charge >= 0.3 is 5.97 Å². The Morgan fingerprint density at radius 1 is 1.50 bits per heavy atom. The molecule has 0 saturated carbocycles. The van der Waals surface area contributed by atoms with Crippen molar-refractivity contribution < 1.29 is 19.4 Å². The quantitative estimate of drug-likeness (QED) is 0.807. The van der Waals surface area contributed by atoms with E-state index in [1.54, 1.807) is 18.2 Å². The number of methoxy groups -OCH3 is 1. The van der Waals surface area contributed by atoms with Crippen LogP contribution in [0.5, 0.6) is 5.75 Å². The van der Waals surface area contributed by atoms with Crippen molar-refractivity contribution in [3.05, 3.63) is 28.2 Å². The van der Waals surface area contributed by atoms with Crippen molar-refractivity contribution in [1.82, 2.24) is 0 Å². The molecule has 0 spiro atoms. The molecule has 0 bridgehead atoms. The van der Waals surface area contributed by atoms with Crippen LogP contribution in [0.3, 0.4) is 0 Å². The van der Waals surface area contributed by atoms with E-state index in [4.69, 9.17) is 15.6 Å². The minimum Gasteiger partial charge on any atom is -0.497 e. The number of halogens is 1. The number of amides is 1. The van der Waals surface area contributed by atoms with Gasteiger partial charge in [-0.2, -0.15) is 0 Å². The third-order valence-electron chi connectivity index (χ3n) is 2.81. The van der Waals surface area contributed by atoms with Gasteiger partial charge in [-0.3, -0.25) is 9.59 Å². The van der Waals surface area contributed by atoms with Crippen LogP contribution in [-0.2, 0) is 16.0 Å². The van der Waals surface area contributed by atoms with Crippen LogP contribution in [0.2, 0.25) is 0 Å². The van der Waals surface area contributed by atoms with Gasteiger partial charge in [-0.1, -0.05) is 15.9 Å². The average molecular weight is 316 g/mol. The molecular weight excluding hydrogens is 302 g/mol. The van der Waals surface area contributed by atoms with Crippen molar-refractivity contribution in [1.29, 1.82) is 0 Å². The second-order valence-electron chi connectivity index (χ2n) is 4.14. The molecule has 3 N–H and O–H groups in total. The number of ether oxygens (including phenoxy) is 1. The van der Waals surface area contributed by atoms with Gasteiger partial charge < -0.3 is 15.6 Å². The summed E-state index contributed by atoms with van der Waals surface area (Å²) in [7, 11) is 1.51. The summed E-state index contributed by atoms with van der Waals surface area (Å²) in [5, 5.41) is 9.13. The summed E-state index contributed by atoms with van der Waals surface area (Å²) in [4.78, 5) is 22.5. The molecule has 1 amide bonds. The van der Waals surface area contributed by atoms with Gasteiger partial charge in [-0.15, -0.1) is 0 Å². The molecule has 1 atom stereocenters. The summed E-state index contributed by atoms with van der Waals surface area (Å²) < 4.78 is 5.77. The number of carboxylic acids is 1. The van der Waals surface area contributed by atoms with Gasteiger partial charge in [0.15, 0.2) is 0 Å². The third-order valence-corrected chi connectivity index (χ3v) is 3.59. The van der Waals surface area contributed by atoms with Crippen LogP contribution in [-0.4, -0.2) is 24.1 Å². The molecule has 1 unspecified atom stereocenters. The van der Waals surface area contributed by atoms with Crippen molar-refractivity contribution >= 4 is 27.8 Å². The van der Waals surface area contributed by atoms with Crippen LogP contribution in [0.4, 0.5) is 0 Å². The maximum Gasteiger partial charge on any atom is 0.319 e. The molecule has 98 valence electrons. The summed E-state index contributed by atoms with van der Waals surface area (Å²) in [6, 6.07) is 5.14. The van der Waals surface area contributed by atoms with Crippen LogP contribution in [0.25, 0.3) is 0 Å². The summed E-state index contributed by atoms with van der Waals surface area (Å²) in [6.45, 7) is 1.31. The lowest BCUT2D eigenvalue weighted by Crippen LogP contribution is -2.43. The van der Waals surface area contributed by atoms with E-state index in [2.05, 4.69) is 15.9 Å². The lowest BCUT2D eigenvalue weighted by Gasteiger charge is -2.21. The Kier molecular flexibility index (Phi) is 4.34. The Labute approximate surface area is 113 Å². The normalized spacial score (nSPS) is 13.7. The highest BCUT2D eigenvalue weighted by Gasteiger charge is 2.40. The first-order chi connectivity index (χ1) is 8.31. The van der Waals surface area contributed by atoms with E-state index in [-0.39, 0.29) is 6.42 Å². The van der Waals surface area contributed by atoms with Gasteiger partial charge in [0.05, 0.1) is 7.11 Å². The van der Waals surface area contributed by atoms with Crippen molar-refractivity contribution in [3.63, 3.8) is 0 Å². The predicted molar refractivity (Wildman–Crippen MR) is 69.3 cm³/mol. The highest BCUT2D eigenvalue weighted by Crippen LogP contribution is 2.30. The molecule has 0 radical (unpaired) electrons. The molecule has 1 rings (SSSR count). The zero-order chi connectivity index (χ0) is 13.9. The average Bonchev–Trinajstić information content (AvgIpc) is 2.31. The zero-order valence-corrected chi connectivity index (χ0v) is 11.7. The molecule has 0 aliphatic rings. The highest BCUT2D eigenvalue weighted by molar-refractivity contribution is 9.10. The fourth-order valence-corrected chi connectivity index (χ4v) is 1.85. The number of hydrogen-bond acceptors (Lipinski definition) is 3. The second-order valence-corrected chi connectivity index (χ2v) is 4.99. The number of carboxylic acid groups (broad SMARTS) is 1. The van der Waals surface area contributed by atoms with Gasteiger partial charge in [-0.25, -0.2) is 0 Å². The van der Waals surface area contributed by atoms with E-state index in [0.29, 0.717) is 15.8 Å². The van der Waals surface area contributed by atoms with Gasteiger partial charge in [0.1, 0.15) is 11.2 Å². The number of aliphatic carboxylic acids is 1. The van der Waals surface area contributed by atoms with Crippen molar-refractivity contribution in [2.45, 2.75) is 13.3 Å². The van der Waals surface area contributed by atoms with E-state index < -0.39 is 17.3 Å². The van der Waals surface area contributed by atoms with E-state index in [1.807, 2.05) is 0 Å². The monoisotopic (exact) mass is 315 g/mol. The molecule has 18 heavy (non-hydrogen) atoms. The molecule has 0 aromatic heterocycles. The van der Waals surface area contributed by atoms with E-state index in [9.17, 15) is 9.59 Å². The Hall–Kier alpha value is -1.56. The van der Waals surface area contributed by atoms with Gasteiger partial charge in [-0.05, 0) is 37.1 Å². The van der Waals surface area contributed by atoms with Crippen molar-refractivity contribution in [3.8, 4) is 5.75 Å². The van der Waals surface area contributed by atoms with E-state index in [0.717, 1.165) is 0 Å². The Morgan fingerprint density at radius 2 is 2.11 bits per heavy atom. The molecule has 0 saturated heterocycles. The Bertz CT molecular complexity index is 473. The zero-order valence-electron chi connectivity index (χ0n) is 10.1. The molecule has 1 aromatic rings. The summed E-state index contributed by atoms with van der Waals surface area (Å²) in [5.41, 5.74) is 4.18. The van der Waals surface area contributed by atoms with Gasteiger partial charge in [0.25, 0.3) is 0 Å². The molecule has 5 nitrogen and oxygen atoms in total. The van der Waals surface area contributed by atoms with Crippen LogP contribution in [0, 0.1) is 5.41 Å². The lowest BCUT2D eigenvalue weighted by molar-refractivity contribution is -0.153. The van der Waals surface area contributed by atoms with Crippen molar-refractivity contribution in [2.75, 3.05) is 7.11 Å². The predicted octanol–water partition coefficient (Wildman–Crippen LogP) is 1.58. The number of benzene rings is 1. The van der Waals surface area contributed by atoms with Crippen LogP contribution in [0.15, 0.2) is 22.7 Å². The fourth-order valence-electron chi connectivity index (χ4n) is 1.46. The lowest BCUT2D eigenvalue weighted by atomic mass is 9.83. The standard InChI is InChI=1S/C12H14BrNO4/c1-12(10(14)15,11(16)17)6-7-5-8(18-2)3-4-9(7)13/h3-5H,6H2,1-2H3,(H2,14,15)(H,16,17). The number of rotatable bonds is 5. The first-order valence-corrected chi connectivity index (χ1v) is 5.96. The third kappa shape index (κ3) is 2.81. The maximum atomic E-state index is 11.3. The number of carbonyl (C=O) groups excluding carboxylic acids is 1. The topological polar surface area (TPSA) is 89.6 Å². The Morgan fingerprint density at radius 3 is 2.56 bits per heavy atom. The largest absolute Gasteiger partial charge is 0.497 e.